The minimum absolute atomic E-state index is 0.0503. The number of hydrogen-bond donors (Lipinski definition) is 0. The van der Waals surface area contributed by atoms with Gasteiger partial charge in [0.15, 0.2) is 0 Å². The van der Waals surface area contributed by atoms with E-state index in [-0.39, 0.29) is 28.8 Å². The van der Waals surface area contributed by atoms with Crippen molar-refractivity contribution < 1.29 is 13.2 Å². The quantitative estimate of drug-likeness (QED) is 0.629. The van der Waals surface area contributed by atoms with Gasteiger partial charge in [-0.05, 0) is 37.3 Å². The highest BCUT2D eigenvalue weighted by molar-refractivity contribution is 7.89. The fourth-order valence-corrected chi connectivity index (χ4v) is 6.54. The summed E-state index contributed by atoms with van der Waals surface area (Å²) in [7, 11) is -2.01. The second-order valence-corrected chi connectivity index (χ2v) is 10.9. The lowest BCUT2D eigenvalue weighted by molar-refractivity contribution is 0.0703. The van der Waals surface area contributed by atoms with Crippen molar-refractivity contribution in [1.29, 1.82) is 0 Å². The number of nitrogens with zero attached hydrogens (tertiary/aromatic N) is 3. The predicted molar refractivity (Wildman–Crippen MR) is 111 cm³/mol. The number of benzene rings is 1. The van der Waals surface area contributed by atoms with E-state index in [0.717, 1.165) is 21.7 Å². The van der Waals surface area contributed by atoms with Gasteiger partial charge in [-0.3, -0.25) is 9.59 Å². The second kappa shape index (κ2) is 7.11. The Morgan fingerprint density at radius 3 is 2.39 bits per heavy atom. The van der Waals surface area contributed by atoms with Crippen LogP contribution >= 0.6 is 22.7 Å². The van der Waals surface area contributed by atoms with Crippen molar-refractivity contribution in [2.45, 2.75) is 11.8 Å². The zero-order chi connectivity index (χ0) is 20.1. The molecule has 0 atom stereocenters. The molecule has 1 amide bonds. The highest BCUT2D eigenvalue weighted by atomic mass is 32.2. The summed E-state index contributed by atoms with van der Waals surface area (Å²) in [5.41, 5.74) is 0.718. The molecule has 4 rings (SSSR count). The van der Waals surface area contributed by atoms with Crippen LogP contribution in [-0.4, -0.2) is 54.3 Å². The number of piperazine rings is 1. The van der Waals surface area contributed by atoms with Crippen molar-refractivity contribution in [3.05, 3.63) is 49.8 Å². The summed E-state index contributed by atoms with van der Waals surface area (Å²) >= 11 is 2.48. The summed E-state index contributed by atoms with van der Waals surface area (Å²) in [5.74, 6) is -0.0503. The topological polar surface area (TPSA) is 79.7 Å². The SMILES string of the molecule is Cc1ccc(C(=O)N2CCN(S(=O)(=O)c3ccc4c(c3)sc(=O)n4C)CC2)s1. The first-order chi connectivity index (χ1) is 13.3. The van der Waals surface area contributed by atoms with Crippen LogP contribution in [0.1, 0.15) is 14.5 Å². The summed E-state index contributed by atoms with van der Waals surface area (Å²) in [6.45, 7) is 3.17. The lowest BCUT2D eigenvalue weighted by Crippen LogP contribution is -2.50. The molecule has 1 saturated heterocycles. The maximum Gasteiger partial charge on any atom is 0.307 e. The van der Waals surface area contributed by atoms with Crippen LogP contribution in [0, 0.1) is 6.92 Å². The number of thiophene rings is 1. The smallest absolute Gasteiger partial charge is 0.307 e. The predicted octanol–water partition coefficient (Wildman–Crippen LogP) is 2.12. The Balaban J connectivity index is 1.52. The average molecular weight is 438 g/mol. The molecule has 148 valence electrons. The van der Waals surface area contributed by atoms with Crippen molar-refractivity contribution >= 4 is 48.8 Å². The van der Waals surface area contributed by atoms with Crippen molar-refractivity contribution in [2.24, 2.45) is 7.05 Å². The molecule has 0 aliphatic carbocycles. The number of carbonyl (C=O) groups is 1. The summed E-state index contributed by atoms with van der Waals surface area (Å²) in [5, 5.41) is 0. The van der Waals surface area contributed by atoms with E-state index < -0.39 is 10.0 Å². The number of carbonyl (C=O) groups excluding carboxylic acids is 1. The lowest BCUT2D eigenvalue weighted by Gasteiger charge is -2.33. The highest BCUT2D eigenvalue weighted by Crippen LogP contribution is 2.25. The Morgan fingerprint density at radius 1 is 1.04 bits per heavy atom. The molecule has 2 aromatic heterocycles. The zero-order valence-corrected chi connectivity index (χ0v) is 17.9. The van der Waals surface area contributed by atoms with Crippen LogP contribution in [0.2, 0.25) is 0 Å². The molecule has 3 aromatic rings. The standard InChI is InChI=1S/C18H19N3O4S3/c1-12-3-6-15(26-12)17(22)20-7-9-21(10-8-20)28(24,25)13-4-5-14-16(11-13)27-18(23)19(14)2/h3-6,11H,7-10H2,1-2H3. The molecule has 0 bridgehead atoms. The number of amides is 1. The third-order valence-electron chi connectivity index (χ3n) is 4.88. The van der Waals surface area contributed by atoms with Crippen molar-refractivity contribution in [1.82, 2.24) is 13.8 Å². The Labute approximate surface area is 170 Å². The molecule has 0 saturated carbocycles. The van der Waals surface area contributed by atoms with Gasteiger partial charge in [0.1, 0.15) is 0 Å². The molecule has 1 aromatic carbocycles. The number of aryl methyl sites for hydroxylation is 2. The van der Waals surface area contributed by atoms with E-state index >= 15 is 0 Å². The van der Waals surface area contributed by atoms with E-state index in [4.69, 9.17) is 0 Å². The third-order valence-corrected chi connectivity index (χ3v) is 8.76. The normalized spacial score (nSPS) is 16.0. The molecular weight excluding hydrogens is 418 g/mol. The molecule has 3 heterocycles. The van der Waals surface area contributed by atoms with Crippen LogP contribution < -0.4 is 4.87 Å². The van der Waals surface area contributed by atoms with Gasteiger partial charge < -0.3 is 9.47 Å². The second-order valence-electron chi connectivity index (χ2n) is 6.66. The maximum absolute atomic E-state index is 13.0. The van der Waals surface area contributed by atoms with Gasteiger partial charge in [-0.15, -0.1) is 11.3 Å². The van der Waals surface area contributed by atoms with Crippen LogP contribution in [0.4, 0.5) is 0 Å². The Hall–Kier alpha value is -2.01. The number of thiazole rings is 1. The molecule has 7 nitrogen and oxygen atoms in total. The average Bonchev–Trinajstić information content (AvgIpc) is 3.24. The first-order valence-corrected chi connectivity index (χ1v) is 11.8. The molecule has 0 unspecified atom stereocenters. The Bertz CT molecular complexity index is 1210. The number of hydrogen-bond acceptors (Lipinski definition) is 6. The molecule has 1 aliphatic heterocycles. The molecule has 1 fully saturated rings. The van der Waals surface area contributed by atoms with Gasteiger partial charge in [0, 0.05) is 38.1 Å². The van der Waals surface area contributed by atoms with Gasteiger partial charge in [-0.1, -0.05) is 11.3 Å². The van der Waals surface area contributed by atoms with Crippen LogP contribution in [0.5, 0.6) is 0 Å². The van der Waals surface area contributed by atoms with E-state index in [9.17, 15) is 18.0 Å². The molecule has 0 spiro atoms. The first kappa shape index (κ1) is 19.3. The van der Waals surface area contributed by atoms with Crippen molar-refractivity contribution in [2.75, 3.05) is 26.2 Å². The largest absolute Gasteiger partial charge is 0.335 e. The lowest BCUT2D eigenvalue weighted by atomic mass is 10.3. The Kier molecular flexibility index (Phi) is 4.90. The van der Waals surface area contributed by atoms with E-state index in [1.165, 1.54) is 26.3 Å². The van der Waals surface area contributed by atoms with Crippen LogP contribution in [-0.2, 0) is 17.1 Å². The van der Waals surface area contributed by atoms with Gasteiger partial charge in [0.2, 0.25) is 10.0 Å². The molecule has 0 radical (unpaired) electrons. The number of rotatable bonds is 3. The minimum Gasteiger partial charge on any atom is -0.335 e. The third kappa shape index (κ3) is 3.30. The Morgan fingerprint density at radius 2 is 1.75 bits per heavy atom. The first-order valence-electron chi connectivity index (χ1n) is 8.73. The van der Waals surface area contributed by atoms with Gasteiger partial charge >= 0.3 is 4.87 Å². The van der Waals surface area contributed by atoms with Crippen molar-refractivity contribution in [3.8, 4) is 0 Å². The van der Waals surface area contributed by atoms with Gasteiger partial charge in [0.25, 0.3) is 5.91 Å². The monoisotopic (exact) mass is 437 g/mol. The van der Waals surface area contributed by atoms with Gasteiger partial charge in [-0.2, -0.15) is 4.31 Å². The number of aromatic nitrogens is 1. The van der Waals surface area contributed by atoms with E-state index in [1.54, 1.807) is 24.1 Å². The van der Waals surface area contributed by atoms with Gasteiger partial charge in [-0.25, -0.2) is 8.42 Å². The summed E-state index contributed by atoms with van der Waals surface area (Å²) in [4.78, 5) is 27.9. The van der Waals surface area contributed by atoms with E-state index in [2.05, 4.69) is 0 Å². The van der Waals surface area contributed by atoms with Crippen molar-refractivity contribution in [3.63, 3.8) is 0 Å². The molecule has 10 heteroatoms. The molecular formula is C18H19N3O4S3. The summed E-state index contributed by atoms with van der Waals surface area (Å²) in [6, 6.07) is 8.48. The van der Waals surface area contributed by atoms with Crippen LogP contribution in [0.15, 0.2) is 40.0 Å². The van der Waals surface area contributed by atoms with E-state index in [1.807, 2.05) is 19.1 Å². The molecule has 1 aliphatic rings. The highest BCUT2D eigenvalue weighted by Gasteiger charge is 2.31. The number of sulfonamides is 1. The van der Waals surface area contributed by atoms with Crippen LogP contribution in [0.3, 0.4) is 0 Å². The number of fused-ring (bicyclic) bond motifs is 1. The zero-order valence-electron chi connectivity index (χ0n) is 15.4. The molecule has 0 N–H and O–H groups in total. The van der Waals surface area contributed by atoms with E-state index in [0.29, 0.717) is 22.7 Å². The fourth-order valence-electron chi connectivity index (χ4n) is 3.26. The fraction of sp³-hybridized carbons (Fsp3) is 0.333. The van der Waals surface area contributed by atoms with Crippen LogP contribution in [0.25, 0.3) is 10.2 Å². The van der Waals surface area contributed by atoms with Gasteiger partial charge in [0.05, 0.1) is 20.0 Å². The summed E-state index contributed by atoms with van der Waals surface area (Å²) in [6.07, 6.45) is 0. The molecule has 28 heavy (non-hydrogen) atoms. The maximum atomic E-state index is 13.0. The minimum atomic E-state index is -3.67. The summed E-state index contributed by atoms with van der Waals surface area (Å²) < 4.78 is 29.6.